The van der Waals surface area contributed by atoms with E-state index < -0.39 is 28.3 Å². The Balaban J connectivity index is 1.40. The predicted octanol–water partition coefficient (Wildman–Crippen LogP) is 7.53. The van der Waals surface area contributed by atoms with E-state index in [1.54, 1.807) is 36.4 Å². The molecule has 0 aromatic heterocycles. The van der Waals surface area contributed by atoms with Crippen LogP contribution < -0.4 is 0 Å². The number of likely N-dealkylation sites (tertiary alicyclic amines) is 1. The fourth-order valence-electron chi connectivity index (χ4n) is 4.98. The highest BCUT2D eigenvalue weighted by molar-refractivity contribution is 6.31. The Kier molecular flexibility index (Phi) is 8.03. The second kappa shape index (κ2) is 10.9. The summed E-state index contributed by atoms with van der Waals surface area (Å²) in [7, 11) is 0. The van der Waals surface area contributed by atoms with Crippen LogP contribution in [0.4, 0.5) is 22.0 Å². The molecule has 8 heteroatoms. The Hall–Kier alpha value is -2.48. The van der Waals surface area contributed by atoms with Gasteiger partial charge in [-0.1, -0.05) is 54.1 Å². The first-order chi connectivity index (χ1) is 17.1. The lowest BCUT2D eigenvalue weighted by molar-refractivity contribution is -0.137. The van der Waals surface area contributed by atoms with Crippen LogP contribution in [0.1, 0.15) is 53.9 Å². The van der Waals surface area contributed by atoms with E-state index in [2.05, 4.69) is 4.90 Å². The first kappa shape index (κ1) is 26.6. The maximum absolute atomic E-state index is 14.6. The molecular weight excluding hydrogens is 497 g/mol. The molecule has 3 aromatic carbocycles. The van der Waals surface area contributed by atoms with Crippen molar-refractivity contribution in [2.45, 2.75) is 43.4 Å². The number of hydrogen-bond acceptors (Lipinski definition) is 2. The molecule has 0 aliphatic carbocycles. The minimum absolute atomic E-state index is 0.207. The van der Waals surface area contributed by atoms with Crippen LogP contribution in [0.15, 0.2) is 66.7 Å². The Morgan fingerprint density at radius 1 is 0.889 bits per heavy atom. The Labute approximate surface area is 212 Å². The van der Waals surface area contributed by atoms with Crippen molar-refractivity contribution >= 4 is 11.6 Å². The van der Waals surface area contributed by atoms with Gasteiger partial charge in [-0.25, -0.2) is 8.78 Å². The number of benzene rings is 3. The van der Waals surface area contributed by atoms with E-state index in [4.69, 9.17) is 11.6 Å². The van der Waals surface area contributed by atoms with Crippen molar-refractivity contribution in [2.24, 2.45) is 0 Å². The summed E-state index contributed by atoms with van der Waals surface area (Å²) in [4.78, 5) is 2.12. The topological polar surface area (TPSA) is 23.5 Å². The lowest BCUT2D eigenvalue weighted by atomic mass is 9.83. The van der Waals surface area contributed by atoms with Crippen LogP contribution in [0.5, 0.6) is 0 Å². The first-order valence-electron chi connectivity index (χ1n) is 11.9. The van der Waals surface area contributed by atoms with Gasteiger partial charge in [-0.15, -0.1) is 0 Å². The highest BCUT2D eigenvalue weighted by Gasteiger charge is 2.38. The van der Waals surface area contributed by atoms with Gasteiger partial charge >= 0.3 is 6.18 Å². The van der Waals surface area contributed by atoms with Crippen LogP contribution in [-0.2, 0) is 11.8 Å². The summed E-state index contributed by atoms with van der Waals surface area (Å²) in [5.41, 5.74) is -1.23. The largest absolute Gasteiger partial charge is 0.417 e. The molecule has 1 fully saturated rings. The molecule has 4 rings (SSSR count). The predicted molar refractivity (Wildman–Crippen MR) is 130 cm³/mol. The van der Waals surface area contributed by atoms with E-state index in [0.717, 1.165) is 6.07 Å². The molecule has 3 aromatic rings. The maximum atomic E-state index is 14.6. The number of hydrogen-bond donors (Lipinski definition) is 1. The van der Waals surface area contributed by atoms with E-state index in [1.165, 1.54) is 24.3 Å². The third-order valence-corrected chi connectivity index (χ3v) is 7.35. The van der Waals surface area contributed by atoms with E-state index in [1.807, 2.05) is 0 Å². The third kappa shape index (κ3) is 5.90. The molecule has 1 saturated heterocycles. The fraction of sp³-hybridized carbons (Fsp3) is 0.357. The summed E-state index contributed by atoms with van der Waals surface area (Å²) < 4.78 is 68.9. The Bertz CT molecular complexity index is 1150. The highest BCUT2D eigenvalue weighted by Crippen LogP contribution is 2.40. The van der Waals surface area contributed by atoms with Gasteiger partial charge in [-0.05, 0) is 73.2 Å². The molecule has 1 N–H and O–H groups in total. The Morgan fingerprint density at radius 2 is 1.44 bits per heavy atom. The average molecular weight is 524 g/mol. The molecule has 0 bridgehead atoms. The van der Waals surface area contributed by atoms with Crippen molar-refractivity contribution in [3.8, 4) is 0 Å². The van der Waals surface area contributed by atoms with Gasteiger partial charge in [0.05, 0.1) is 16.2 Å². The van der Waals surface area contributed by atoms with Gasteiger partial charge < -0.3 is 10.0 Å². The first-order valence-corrected chi connectivity index (χ1v) is 12.3. The normalized spacial score (nSPS) is 16.4. The van der Waals surface area contributed by atoms with Crippen LogP contribution in [0.25, 0.3) is 0 Å². The number of rotatable bonds is 7. The number of alkyl halides is 3. The van der Waals surface area contributed by atoms with Gasteiger partial charge in [0.15, 0.2) is 0 Å². The molecule has 0 unspecified atom stereocenters. The van der Waals surface area contributed by atoms with Gasteiger partial charge in [0.1, 0.15) is 11.6 Å². The fourth-order valence-corrected chi connectivity index (χ4v) is 5.20. The van der Waals surface area contributed by atoms with Gasteiger partial charge in [0.25, 0.3) is 0 Å². The molecule has 0 saturated carbocycles. The monoisotopic (exact) mass is 523 g/mol. The Morgan fingerprint density at radius 3 is 1.97 bits per heavy atom. The number of halogens is 6. The molecule has 0 spiro atoms. The quantitative estimate of drug-likeness (QED) is 0.323. The van der Waals surface area contributed by atoms with Crippen molar-refractivity contribution in [3.63, 3.8) is 0 Å². The van der Waals surface area contributed by atoms with Crippen molar-refractivity contribution in [1.29, 1.82) is 0 Å². The number of nitrogens with zero attached hydrogens (tertiary/aromatic N) is 1. The van der Waals surface area contributed by atoms with E-state index in [0.29, 0.717) is 43.6 Å². The molecule has 1 aliphatic heterocycles. The third-order valence-electron chi connectivity index (χ3n) is 7.02. The zero-order valence-electron chi connectivity index (χ0n) is 19.5. The second-order valence-electron chi connectivity index (χ2n) is 9.30. The van der Waals surface area contributed by atoms with Crippen molar-refractivity contribution in [1.82, 2.24) is 4.90 Å². The zero-order valence-corrected chi connectivity index (χ0v) is 20.3. The van der Waals surface area contributed by atoms with Crippen LogP contribution >= 0.6 is 11.6 Å². The van der Waals surface area contributed by atoms with Gasteiger partial charge in [-0.3, -0.25) is 0 Å². The highest BCUT2D eigenvalue weighted by atomic mass is 35.5. The molecule has 1 aliphatic rings. The number of piperidine rings is 1. The summed E-state index contributed by atoms with van der Waals surface area (Å²) in [5, 5.41) is 10.7. The van der Waals surface area contributed by atoms with Crippen molar-refractivity contribution in [3.05, 3.63) is 106 Å². The van der Waals surface area contributed by atoms with Crippen molar-refractivity contribution < 1.29 is 27.1 Å². The van der Waals surface area contributed by atoms with Gasteiger partial charge in [0.2, 0.25) is 0 Å². The average Bonchev–Trinajstić information content (AvgIpc) is 2.84. The van der Waals surface area contributed by atoms with Crippen LogP contribution in [-0.4, -0.2) is 29.6 Å². The molecule has 192 valence electrons. The molecule has 36 heavy (non-hydrogen) atoms. The summed E-state index contributed by atoms with van der Waals surface area (Å²) >= 11 is 5.72. The summed E-state index contributed by atoms with van der Waals surface area (Å²) in [6.45, 7) is 1.62. The van der Waals surface area contributed by atoms with E-state index in [-0.39, 0.29) is 30.0 Å². The smallest absolute Gasteiger partial charge is 0.385 e. The molecule has 2 nitrogen and oxygen atoms in total. The lowest BCUT2D eigenvalue weighted by Crippen LogP contribution is -2.43. The summed E-state index contributed by atoms with van der Waals surface area (Å²) in [5.74, 6) is -1.20. The van der Waals surface area contributed by atoms with Crippen LogP contribution in [0.3, 0.4) is 0 Å². The van der Waals surface area contributed by atoms with Crippen molar-refractivity contribution in [2.75, 3.05) is 19.6 Å². The molecular formula is C28H27ClF5NO. The van der Waals surface area contributed by atoms with E-state index >= 15 is 0 Å². The molecule has 0 atom stereocenters. The summed E-state index contributed by atoms with van der Waals surface area (Å²) in [6, 6.07) is 16.3. The van der Waals surface area contributed by atoms with Crippen LogP contribution in [0.2, 0.25) is 5.02 Å². The lowest BCUT2D eigenvalue weighted by Gasteiger charge is -2.39. The zero-order chi connectivity index (χ0) is 25.9. The van der Waals surface area contributed by atoms with E-state index in [9.17, 15) is 27.1 Å². The minimum atomic E-state index is -4.60. The second-order valence-corrected chi connectivity index (χ2v) is 9.71. The SMILES string of the molecule is OC1(c2ccc(Cl)c(C(F)(F)F)c2)CCN(CCCC(c2ccccc2F)c2ccccc2F)CC1. The van der Waals surface area contributed by atoms with Gasteiger partial charge in [0, 0.05) is 19.0 Å². The van der Waals surface area contributed by atoms with Gasteiger partial charge in [-0.2, -0.15) is 13.2 Å². The minimum Gasteiger partial charge on any atom is -0.385 e. The standard InChI is InChI=1S/C28H27ClF5NO/c29-24-12-11-19(18-23(24)28(32,33)34)27(36)13-16-35(17-14-27)15-5-8-20(21-6-1-3-9-25(21)30)22-7-2-4-10-26(22)31/h1-4,6-7,9-12,18,20,36H,5,8,13-17H2. The number of aliphatic hydroxyl groups is 1. The summed E-state index contributed by atoms with van der Waals surface area (Å²) in [6.07, 6.45) is -2.87. The maximum Gasteiger partial charge on any atom is 0.417 e. The van der Waals surface area contributed by atoms with Crippen LogP contribution in [0, 0.1) is 11.6 Å². The molecule has 0 radical (unpaired) electrons. The molecule has 1 heterocycles. The molecule has 0 amide bonds.